The van der Waals surface area contributed by atoms with Crippen LogP contribution >= 0.6 is 0 Å². The molecule has 0 N–H and O–H groups in total. The van der Waals surface area contributed by atoms with Crippen LogP contribution in [0.25, 0.3) is 0 Å². The molecule has 0 saturated heterocycles. The molecule has 66 aliphatic rings. The van der Waals surface area contributed by atoms with Crippen molar-refractivity contribution in [3.05, 3.63) is 21.7 Å². The normalized spacial score (nSPS) is 145. The summed E-state index contributed by atoms with van der Waals surface area (Å²) in [4.78, 5) is 0. The molecule has 66 rings (SSSR count). The Morgan fingerprint density at radius 2 is 0.467 bits per heavy atom. The van der Waals surface area contributed by atoms with E-state index in [1.165, 1.54) is 225 Å². The number of hydrogen-bond acceptors (Lipinski definition) is 0. The molecule has 410 valence electrons. The Balaban J connectivity index is 0.551. The quantitative estimate of drug-likeness (QED) is 0.239. The lowest BCUT2D eigenvalue weighted by Gasteiger charge is -3.70. The first-order chi connectivity index (χ1) is 44.8. The van der Waals surface area contributed by atoms with Gasteiger partial charge in [0.1, 0.15) is 0 Å². The number of fused-ring (bicyclic) bond motifs is 31. The minimum absolute atomic E-state index is 1.05. The minimum Gasteiger partial charge on any atom is -0.0496 e. The van der Waals surface area contributed by atoms with Gasteiger partial charge in [-0.1, -0.05) is 0 Å². The molecule has 0 heteroatoms. The highest BCUT2D eigenvalue weighted by Gasteiger charge is 3.76. The molecule has 84 atom stereocenters. The summed E-state index contributed by atoms with van der Waals surface area (Å²) in [6.07, 6.45) is 11.3. The summed E-state index contributed by atoms with van der Waals surface area (Å²) in [7, 11) is 0. The lowest BCUT2D eigenvalue weighted by molar-refractivity contribution is -1.24. The average molecular weight is 1130 g/mol. The van der Waals surface area contributed by atoms with Crippen molar-refractivity contribution in [1.82, 2.24) is 0 Å². The van der Waals surface area contributed by atoms with Gasteiger partial charge in [-0.2, -0.15) is 0 Å². The van der Waals surface area contributed by atoms with E-state index in [1.807, 2.05) is 38.5 Å². The van der Waals surface area contributed by atoms with Crippen molar-refractivity contribution in [3.63, 3.8) is 0 Å². The molecule has 0 heterocycles. The van der Waals surface area contributed by atoms with E-state index in [9.17, 15) is 0 Å². The zero-order valence-corrected chi connectivity index (χ0v) is 49.2. The van der Waals surface area contributed by atoms with Crippen molar-refractivity contribution in [2.75, 3.05) is 0 Å². The van der Waals surface area contributed by atoms with Crippen molar-refractivity contribution in [2.45, 2.75) is 38.5 Å². The van der Waals surface area contributed by atoms with Gasteiger partial charge in [0.05, 0.1) is 0 Å². The standard InChI is InChI=1S/C90H50/c1-2-8-16-10-4-13-19-22-26-30-34-38-41-42-40-37-33-29-25-21-15-6-12-17-11-5-14-20-24-28-32-36-39-35-31-27-23-18-9-3-7(1)45-43(8)50(16)46(10,13)52(19)56(22)60(26)64(30)68(34)72(38)75(41)76(42)74(40)70(37)66(33)62(29)58(25)54(21)48(12,15)51(17)47(11,14)53(20)57(24)61(28)65(32)69(36)73(39)71(35)67(31)63(27)59(23)55(18)49(9)44(45)77(56,78(45,50)52)79(49,60)81(55,64)83(59,68)85(63,72)87(67,75)89(71,76)90(73,74)88(69,70)86(65,66)84(61,62)82(57,58)80(51,53)54/h7-44H,1-6H2. The first-order valence-electron chi connectivity index (χ1n) is 44.8. The van der Waals surface area contributed by atoms with Gasteiger partial charge in [-0.15, -0.1) is 0 Å². The monoisotopic (exact) mass is 1130 g/mol. The second kappa shape index (κ2) is 4.40. The van der Waals surface area contributed by atoms with Crippen molar-refractivity contribution in [3.8, 4) is 0 Å². The Labute approximate surface area is 509 Å². The van der Waals surface area contributed by atoms with Crippen LogP contribution in [0.4, 0.5) is 0 Å². The van der Waals surface area contributed by atoms with Crippen LogP contribution in [0.15, 0.2) is 0 Å². The summed E-state index contributed by atoms with van der Waals surface area (Å²) in [6, 6.07) is 0. The van der Waals surface area contributed by atoms with E-state index in [2.05, 4.69) is 0 Å². The number of rotatable bonds is 0. The van der Waals surface area contributed by atoms with Gasteiger partial charge in [-0.05, 0) is 512 Å². The Morgan fingerprint density at radius 3 is 0.900 bits per heavy atom. The number of hydrogen-bond donors (Lipinski definition) is 0. The zero-order chi connectivity index (χ0) is 49.2. The molecule has 0 amide bonds. The van der Waals surface area contributed by atoms with E-state index in [1.54, 1.807) is 0 Å². The van der Waals surface area contributed by atoms with Gasteiger partial charge < -0.3 is 0 Å². The summed E-state index contributed by atoms with van der Waals surface area (Å²) in [6.45, 7) is 0. The van der Waals surface area contributed by atoms with Crippen LogP contribution in [0.1, 0.15) is 38.5 Å². The maximum absolute atomic E-state index is 1.97. The predicted molar refractivity (Wildman–Crippen MR) is 275 cm³/mol. The average Bonchev–Trinajstić information content (AvgIpc) is 0.419. The second-order valence-electron chi connectivity index (χ2n) is 59.1. The topological polar surface area (TPSA) is 0 Å². The van der Waals surface area contributed by atoms with E-state index >= 15 is 0 Å². The Morgan fingerprint density at radius 1 is 0.167 bits per heavy atom. The molecule has 0 bridgehead atoms. The molecule has 46 spiro atoms. The van der Waals surface area contributed by atoms with E-state index < -0.39 is 0 Å². The third kappa shape index (κ3) is 0.619. The molecule has 90 heavy (non-hydrogen) atoms. The highest BCUT2D eigenvalue weighted by atomic mass is 15.8. The van der Waals surface area contributed by atoms with Crippen molar-refractivity contribution in [2.24, 2.45) is 452 Å². The van der Waals surface area contributed by atoms with Gasteiger partial charge in [0.25, 0.3) is 0 Å². The van der Waals surface area contributed by atoms with E-state index in [4.69, 9.17) is 0 Å². The van der Waals surface area contributed by atoms with Gasteiger partial charge in [-0.25, -0.2) is 0 Å². The first kappa shape index (κ1) is 29.7. The molecule has 66 aliphatic carbocycles. The van der Waals surface area contributed by atoms with E-state index in [0.29, 0.717) is 0 Å². The molecule has 66 fully saturated rings. The van der Waals surface area contributed by atoms with Crippen LogP contribution in [0.5, 0.6) is 0 Å². The van der Waals surface area contributed by atoms with Crippen LogP contribution < -0.4 is 0 Å². The van der Waals surface area contributed by atoms with Crippen molar-refractivity contribution < 1.29 is 0 Å². The zero-order valence-electron chi connectivity index (χ0n) is 49.2. The summed E-state index contributed by atoms with van der Waals surface area (Å²) in [5.74, 6) is 54.1. The molecule has 0 radical (unpaired) electrons. The van der Waals surface area contributed by atoms with E-state index in [-0.39, 0.29) is 0 Å². The van der Waals surface area contributed by atoms with Crippen molar-refractivity contribution >= 4 is 0 Å². The fourth-order valence-electron chi connectivity index (χ4n) is 104. The molecule has 0 aromatic carbocycles. The third-order valence-corrected chi connectivity index (χ3v) is 80.0. The van der Waals surface area contributed by atoms with Crippen LogP contribution in [0, 0.1) is 474 Å². The first-order valence-corrected chi connectivity index (χ1v) is 44.8. The smallest absolute Gasteiger partial charge is 0.000715 e. The summed E-state index contributed by atoms with van der Waals surface area (Å²) in [5.41, 5.74) is 51.8. The summed E-state index contributed by atoms with van der Waals surface area (Å²) >= 11 is 0. The molecule has 84 unspecified atom stereocenters. The maximum Gasteiger partial charge on any atom is -0.000715 e. The van der Waals surface area contributed by atoms with Gasteiger partial charge in [0.2, 0.25) is 0 Å². The van der Waals surface area contributed by atoms with Gasteiger partial charge in [-0.3, -0.25) is 0 Å². The lowest BCUT2D eigenvalue weighted by atomic mass is 8.32. The van der Waals surface area contributed by atoms with Crippen molar-refractivity contribution in [1.29, 1.82) is 0 Å². The SMILES string of the molecule is C1CC2CC3C4C5C6C7C8C9C%10C%11C%12C%13C%14C%15CC%16C%17C%18CC%19C%20C%21C%22C%23C%24C%25C%26C%27C%28C%29C%30C%31C%32C%33C%34CC%35C%36C1C1C2%37C2C3%38C43C54C65C76C87C98C%109C%11%10C%12%11C%13%12C%14%13C%16%15C%17%14C%18%19C%20%15C%21%16C%22%17C%23%18C%24%19C%25%20C%26%21C%27%22C%28%23C%29%24C%30%25C%31%26C%32%27C%33%28C%35%34C%361C%37%28C2%27C%38%26C3%25C4%24C5%23C6%22C7%21C8%20C9%19C%10%18C%11%17C%12%16C%14%13%15. The molecule has 0 aromatic rings. The molecule has 66 saturated carbocycles. The predicted octanol–water partition coefficient (Wildman–Crippen LogP) is 7.34. The molecular weight excluding hydrogens is 1080 g/mol. The maximum atomic E-state index is 1.97. The molecular formula is C90H50. The van der Waals surface area contributed by atoms with Crippen LogP contribution in [-0.2, 0) is 0 Å². The van der Waals surface area contributed by atoms with Crippen LogP contribution in [-0.4, -0.2) is 0 Å². The highest BCUT2D eigenvalue weighted by Crippen LogP contribution is 3.77. The molecule has 0 nitrogen and oxygen atoms in total. The molecule has 0 aromatic heterocycles. The van der Waals surface area contributed by atoms with Gasteiger partial charge >= 0.3 is 0 Å². The third-order valence-electron chi connectivity index (χ3n) is 80.0. The fourth-order valence-corrected chi connectivity index (χ4v) is 104. The van der Waals surface area contributed by atoms with Gasteiger partial charge in [0, 0.05) is 0 Å². The lowest BCUT2D eigenvalue weighted by Crippen LogP contribution is -3.69. The summed E-state index contributed by atoms with van der Waals surface area (Å²) < 4.78 is 0. The molecule has 0 aliphatic heterocycles. The van der Waals surface area contributed by atoms with Crippen LogP contribution in [0.2, 0.25) is 0 Å². The Hall–Kier alpha value is 0. The summed E-state index contributed by atoms with van der Waals surface area (Å²) in [5, 5.41) is 0. The highest BCUT2D eigenvalue weighted by molar-refractivity contribution is 6.37. The fraction of sp³-hybridized carbons (Fsp3) is 1.00. The van der Waals surface area contributed by atoms with Crippen LogP contribution in [0.3, 0.4) is 0 Å². The second-order valence-corrected chi connectivity index (χ2v) is 59.1. The Bertz CT molecular complexity index is 6310. The Kier molecular flexibility index (Phi) is 1.45. The van der Waals surface area contributed by atoms with E-state index in [0.717, 1.165) is 249 Å². The largest absolute Gasteiger partial charge is 0.0496 e. The minimum atomic E-state index is 1.05. The van der Waals surface area contributed by atoms with Gasteiger partial charge in [0.15, 0.2) is 0 Å².